The molecule has 0 bridgehead atoms. The molecule has 208 valence electrons. The third kappa shape index (κ3) is 5.03. The van der Waals surface area contributed by atoms with Crippen molar-refractivity contribution in [2.45, 2.75) is 36.8 Å². The highest BCUT2D eigenvalue weighted by Crippen LogP contribution is 2.33. The molecule has 0 spiro atoms. The maximum atomic E-state index is 13.4. The molecule has 0 radical (unpaired) electrons. The van der Waals surface area contributed by atoms with Crippen LogP contribution < -0.4 is 22.4 Å². The fraction of sp³-hybridized carbons (Fsp3) is 0.571. The largest absolute Gasteiger partial charge is 0.367 e. The van der Waals surface area contributed by atoms with Gasteiger partial charge in [0.15, 0.2) is 6.17 Å². The monoisotopic (exact) mass is 571 g/mol. The van der Waals surface area contributed by atoms with E-state index in [-0.39, 0.29) is 24.3 Å². The lowest BCUT2D eigenvalue weighted by Gasteiger charge is -2.31. The van der Waals surface area contributed by atoms with Crippen molar-refractivity contribution in [2.75, 3.05) is 38.7 Å². The average Bonchev–Trinajstić information content (AvgIpc) is 3.34. The van der Waals surface area contributed by atoms with Crippen LogP contribution in [0.3, 0.4) is 0 Å². The van der Waals surface area contributed by atoms with Crippen LogP contribution in [0.2, 0.25) is 0 Å². The summed E-state index contributed by atoms with van der Waals surface area (Å²) in [6.45, 7) is 8.62. The van der Waals surface area contributed by atoms with Crippen LogP contribution >= 0.6 is 23.5 Å². The maximum Gasteiger partial charge on any atom is 0.344 e. The van der Waals surface area contributed by atoms with Crippen molar-refractivity contribution >= 4 is 48.0 Å². The number of fused-ring (bicyclic) bond motifs is 1. The molecule has 3 aliphatic rings. The van der Waals surface area contributed by atoms with Crippen LogP contribution in [0.5, 0.6) is 0 Å². The molecule has 1 aromatic rings. The molecule has 0 saturated carbocycles. The molecule has 1 aromatic heterocycles. The van der Waals surface area contributed by atoms with Gasteiger partial charge in [-0.15, -0.1) is 23.5 Å². The van der Waals surface area contributed by atoms with Gasteiger partial charge in [0.25, 0.3) is 0 Å². The van der Waals surface area contributed by atoms with Gasteiger partial charge in [-0.2, -0.15) is 0 Å². The van der Waals surface area contributed by atoms with Crippen molar-refractivity contribution in [3.05, 3.63) is 44.6 Å². The van der Waals surface area contributed by atoms with E-state index in [1.165, 1.54) is 16.9 Å². The smallest absolute Gasteiger partial charge is 0.344 e. The first-order valence-corrected chi connectivity index (χ1v) is 13.7. The summed E-state index contributed by atoms with van der Waals surface area (Å²) in [7, 11) is 1.40. The van der Waals surface area contributed by atoms with E-state index in [2.05, 4.69) is 18.5 Å². The number of nitrogens with one attached hydrogen (secondary N) is 1. The molecule has 4 heterocycles. The lowest BCUT2D eigenvalue weighted by Crippen LogP contribution is -2.55. The predicted molar refractivity (Wildman–Crippen MR) is 141 cm³/mol. The summed E-state index contributed by atoms with van der Waals surface area (Å²) in [5, 5.41) is 2.72. The number of hydrogen-bond acceptors (Lipinski definition) is 10. The van der Waals surface area contributed by atoms with Gasteiger partial charge in [-0.05, 0) is 6.92 Å². The highest BCUT2D eigenvalue weighted by molar-refractivity contribution is 8.06. The van der Waals surface area contributed by atoms with E-state index in [0.717, 1.165) is 23.1 Å². The second-order valence-electron chi connectivity index (χ2n) is 8.22. The SMILES string of the molecule is C=Cn1c(=O)n(C=C)c(=O)n(CN2C(=O)N(COC)C3C2NC(=O)N3COC2CSC(OCC)CS2)c1=O. The first kappa shape index (κ1) is 28.0. The Morgan fingerprint density at radius 2 is 1.50 bits per heavy atom. The van der Waals surface area contributed by atoms with Gasteiger partial charge in [0.05, 0.1) is 0 Å². The second-order valence-corrected chi connectivity index (χ2v) is 10.6. The van der Waals surface area contributed by atoms with Crippen molar-refractivity contribution < 1.29 is 23.8 Å². The Balaban J connectivity index is 1.57. The average molecular weight is 572 g/mol. The number of carbonyl (C=O) groups excluding carboxylic acids is 2. The minimum Gasteiger partial charge on any atom is -0.367 e. The van der Waals surface area contributed by atoms with Gasteiger partial charge in [-0.1, -0.05) is 13.2 Å². The lowest BCUT2D eigenvalue weighted by atomic mass is 10.4. The number of nitrogens with zero attached hydrogens (tertiary/aromatic N) is 6. The van der Waals surface area contributed by atoms with Crippen molar-refractivity contribution in [3.8, 4) is 0 Å². The molecule has 4 rings (SSSR count). The van der Waals surface area contributed by atoms with Gasteiger partial charge < -0.3 is 19.5 Å². The van der Waals surface area contributed by atoms with Gasteiger partial charge in [-0.3, -0.25) is 14.7 Å². The number of amides is 4. The van der Waals surface area contributed by atoms with E-state index in [4.69, 9.17) is 14.2 Å². The predicted octanol–water partition coefficient (Wildman–Crippen LogP) is -0.508. The summed E-state index contributed by atoms with van der Waals surface area (Å²) >= 11 is 3.22. The number of hydrogen-bond donors (Lipinski definition) is 1. The summed E-state index contributed by atoms with van der Waals surface area (Å²) in [6.07, 6.45) is 0.147. The zero-order valence-corrected chi connectivity index (χ0v) is 22.5. The van der Waals surface area contributed by atoms with Crippen molar-refractivity contribution in [2.24, 2.45) is 0 Å². The van der Waals surface area contributed by atoms with Crippen LogP contribution in [0.1, 0.15) is 6.92 Å². The molecule has 1 N–H and O–H groups in total. The summed E-state index contributed by atoms with van der Waals surface area (Å²) in [5.74, 6) is 1.41. The Labute approximate surface area is 225 Å². The van der Waals surface area contributed by atoms with Crippen LogP contribution in [0.25, 0.3) is 12.4 Å². The Morgan fingerprint density at radius 3 is 2.03 bits per heavy atom. The quantitative estimate of drug-likeness (QED) is 0.368. The number of urea groups is 2. The van der Waals surface area contributed by atoms with Crippen molar-refractivity contribution in [3.63, 3.8) is 0 Å². The van der Waals surface area contributed by atoms with Crippen molar-refractivity contribution in [1.82, 2.24) is 33.7 Å². The van der Waals surface area contributed by atoms with E-state index in [0.29, 0.717) is 26.1 Å². The van der Waals surface area contributed by atoms with Crippen LogP contribution in [-0.2, 0) is 20.9 Å². The van der Waals surface area contributed by atoms with Crippen LogP contribution in [0.15, 0.2) is 27.5 Å². The molecular weight excluding hydrogens is 542 g/mol. The molecule has 3 aliphatic heterocycles. The molecule has 17 heteroatoms. The van der Waals surface area contributed by atoms with Gasteiger partial charge in [0, 0.05) is 37.6 Å². The Bertz CT molecular complexity index is 1230. The van der Waals surface area contributed by atoms with Crippen LogP contribution in [0, 0.1) is 0 Å². The van der Waals surface area contributed by atoms with Gasteiger partial charge >= 0.3 is 29.1 Å². The second kappa shape index (κ2) is 11.8. The van der Waals surface area contributed by atoms with E-state index in [1.54, 1.807) is 23.5 Å². The first-order valence-electron chi connectivity index (χ1n) is 11.6. The van der Waals surface area contributed by atoms with Gasteiger partial charge in [-0.25, -0.2) is 37.7 Å². The third-order valence-electron chi connectivity index (χ3n) is 6.08. The fourth-order valence-corrected chi connectivity index (χ4v) is 6.89. The topological polar surface area (TPSA) is 150 Å². The Morgan fingerprint density at radius 1 is 0.895 bits per heavy atom. The molecule has 3 saturated heterocycles. The molecule has 3 fully saturated rings. The molecule has 4 atom stereocenters. The van der Waals surface area contributed by atoms with Crippen molar-refractivity contribution in [1.29, 1.82) is 0 Å². The maximum absolute atomic E-state index is 13.4. The number of ether oxygens (including phenoxy) is 3. The van der Waals surface area contributed by atoms with E-state index >= 15 is 0 Å². The number of thioether (sulfide) groups is 2. The van der Waals surface area contributed by atoms with E-state index < -0.39 is 48.1 Å². The zero-order chi connectivity index (χ0) is 27.6. The highest BCUT2D eigenvalue weighted by atomic mass is 32.2. The molecule has 15 nitrogen and oxygen atoms in total. The summed E-state index contributed by atoms with van der Waals surface area (Å²) in [6, 6.07) is -1.09. The minimum atomic E-state index is -0.996. The molecular formula is C21H29N7O8S2. The number of carbonyl (C=O) groups is 2. The number of methoxy groups -OCH3 is 1. The lowest BCUT2D eigenvalue weighted by molar-refractivity contribution is -0.0187. The number of aromatic nitrogens is 3. The van der Waals surface area contributed by atoms with Gasteiger partial charge in [0.2, 0.25) is 0 Å². The Kier molecular flexibility index (Phi) is 8.71. The van der Waals surface area contributed by atoms with E-state index in [9.17, 15) is 24.0 Å². The molecule has 4 amide bonds. The minimum absolute atomic E-state index is 0.0899. The number of rotatable bonds is 11. The summed E-state index contributed by atoms with van der Waals surface area (Å²) in [5.41, 5.74) is -3.03. The normalized spacial score (nSPS) is 25.1. The zero-order valence-electron chi connectivity index (χ0n) is 20.9. The van der Waals surface area contributed by atoms with Crippen LogP contribution in [0.4, 0.5) is 9.59 Å². The third-order valence-corrected chi connectivity index (χ3v) is 8.84. The molecule has 0 aromatic carbocycles. The fourth-order valence-electron chi connectivity index (χ4n) is 4.32. The first-order chi connectivity index (χ1) is 18.3. The van der Waals surface area contributed by atoms with E-state index in [1.807, 2.05) is 6.92 Å². The summed E-state index contributed by atoms with van der Waals surface area (Å²) in [4.78, 5) is 68.2. The molecule has 0 aliphatic carbocycles. The molecule has 4 unspecified atom stereocenters. The summed E-state index contributed by atoms with van der Waals surface area (Å²) < 4.78 is 18.7. The molecule has 38 heavy (non-hydrogen) atoms. The Hall–Kier alpha value is -2.99. The standard InChI is InChI=1S/C21H29N7O8S2/c1-5-23-18(30)24(6-2)20(32)26(19(23)31)10-25-15-16(28(11-34-4)21(25)33)27(17(29)22-15)12-36-14-9-37-13(8-38-14)35-7-3/h5-6,13-16H,1-2,7-12H2,3-4H3,(H,22,29). The van der Waals surface area contributed by atoms with Crippen LogP contribution in [-0.4, -0.2) is 102 Å². The highest BCUT2D eigenvalue weighted by Gasteiger charge is 2.55. The van der Waals surface area contributed by atoms with Gasteiger partial charge in [0.1, 0.15) is 37.2 Å².